The smallest absolute Gasteiger partial charge is 0.335 e. The summed E-state index contributed by atoms with van der Waals surface area (Å²) in [4.78, 5) is 36.7. The molecule has 3 aromatic rings. The van der Waals surface area contributed by atoms with Crippen LogP contribution >= 0.6 is 23.2 Å². The topological polar surface area (TPSA) is 138 Å². The van der Waals surface area contributed by atoms with Crippen molar-refractivity contribution in [2.45, 2.75) is 31.1 Å². The highest BCUT2D eigenvalue weighted by Crippen LogP contribution is 2.40. The summed E-state index contributed by atoms with van der Waals surface area (Å²) in [5.74, 6) is -1.24. The Hall–Kier alpha value is -3.12. The van der Waals surface area contributed by atoms with Crippen molar-refractivity contribution in [1.82, 2.24) is 18.9 Å². The van der Waals surface area contributed by atoms with E-state index < -0.39 is 27.6 Å². The molecule has 10 nitrogen and oxygen atoms in total. The zero-order valence-electron chi connectivity index (χ0n) is 21.3. The lowest BCUT2D eigenvalue weighted by atomic mass is 9.71. The van der Waals surface area contributed by atoms with Crippen LogP contribution in [0.25, 0.3) is 10.9 Å². The molecule has 2 aromatic carbocycles. The molecule has 3 N–H and O–H groups in total. The largest absolute Gasteiger partial charge is 0.478 e. The summed E-state index contributed by atoms with van der Waals surface area (Å²) in [6.07, 6.45) is 1.42. The van der Waals surface area contributed by atoms with Gasteiger partial charge >= 0.3 is 22.2 Å². The van der Waals surface area contributed by atoms with E-state index >= 15 is 0 Å². The van der Waals surface area contributed by atoms with Crippen molar-refractivity contribution in [2.24, 2.45) is 7.05 Å². The molecule has 1 unspecified atom stereocenters. The van der Waals surface area contributed by atoms with E-state index in [-0.39, 0.29) is 30.9 Å². The van der Waals surface area contributed by atoms with Gasteiger partial charge in [-0.25, -0.2) is 14.3 Å². The maximum absolute atomic E-state index is 13.5. The number of nitrogens with zero attached hydrogens (tertiary/aromatic N) is 2. The first kappa shape index (κ1) is 28.9. The van der Waals surface area contributed by atoms with Crippen molar-refractivity contribution in [3.63, 3.8) is 0 Å². The molecule has 0 spiro atoms. The molecule has 0 aliphatic carbocycles. The summed E-state index contributed by atoms with van der Waals surface area (Å²) < 4.78 is 30.9. The van der Waals surface area contributed by atoms with Crippen LogP contribution < -0.4 is 10.0 Å². The minimum Gasteiger partial charge on any atom is -0.478 e. The van der Waals surface area contributed by atoms with E-state index in [0.717, 1.165) is 5.52 Å². The number of benzene rings is 2. The van der Waals surface area contributed by atoms with E-state index in [9.17, 15) is 27.9 Å². The molecule has 1 fully saturated rings. The minimum atomic E-state index is -4.16. The summed E-state index contributed by atoms with van der Waals surface area (Å²) in [5.41, 5.74) is 1.20. The van der Waals surface area contributed by atoms with Crippen LogP contribution in [0, 0.1) is 0 Å². The highest BCUT2D eigenvalue weighted by molar-refractivity contribution is 7.87. The number of piperidine rings is 1. The van der Waals surface area contributed by atoms with Gasteiger partial charge in [0, 0.05) is 49.9 Å². The normalized spacial score (nSPS) is 18.2. The SMILES string of the molecule is CNC(=O)NS(=O)(=O)N1CCCC(CCC(=O)c2cc3c(Cl)c(Cl)ccc3n2C)(c2ccc(C(=O)O)cc2)C1. The quantitative estimate of drug-likeness (QED) is 0.331. The second-order valence-corrected chi connectivity index (χ2v) is 12.0. The number of Topliss-reactive ketones (excluding diaryl/α,β-unsaturated/α-hetero) is 1. The van der Waals surface area contributed by atoms with E-state index in [2.05, 4.69) is 5.32 Å². The fraction of sp³-hybridized carbons (Fsp3) is 0.346. The van der Waals surface area contributed by atoms with Crippen LogP contribution in [0.2, 0.25) is 10.0 Å². The number of aromatic carboxylic acids is 1. The fourth-order valence-electron chi connectivity index (χ4n) is 5.18. The molecule has 4 rings (SSSR count). The molecule has 208 valence electrons. The van der Waals surface area contributed by atoms with Crippen molar-refractivity contribution in [3.05, 3.63) is 69.3 Å². The van der Waals surface area contributed by atoms with Gasteiger partial charge in [-0.15, -0.1) is 0 Å². The van der Waals surface area contributed by atoms with Gasteiger partial charge in [-0.2, -0.15) is 12.7 Å². The summed E-state index contributed by atoms with van der Waals surface area (Å²) in [7, 11) is -1.08. The van der Waals surface area contributed by atoms with E-state index in [1.54, 1.807) is 41.9 Å². The van der Waals surface area contributed by atoms with Gasteiger partial charge in [0.05, 0.1) is 21.3 Å². The van der Waals surface area contributed by atoms with Crippen molar-refractivity contribution >= 4 is 62.1 Å². The van der Waals surface area contributed by atoms with Crippen molar-refractivity contribution < 1.29 is 27.9 Å². The number of carbonyl (C=O) groups excluding carboxylic acids is 2. The summed E-state index contributed by atoms with van der Waals surface area (Å²) in [6.45, 7) is 0.202. The van der Waals surface area contributed by atoms with Crippen LogP contribution in [0.15, 0.2) is 42.5 Å². The standard InChI is InChI=1S/C26H28Cl2N4O6S/c1-29-25(36)30-39(37,38)32-13-3-11-26(15-32,17-6-4-16(5-7-17)24(34)35)12-10-22(33)21-14-18-20(31(21)2)9-8-19(27)23(18)28/h4-9,14H,3,10-13,15H2,1-2H3,(H,34,35)(H2,29,30,36). The molecule has 39 heavy (non-hydrogen) atoms. The number of aromatic nitrogens is 1. The van der Waals surface area contributed by atoms with Crippen LogP contribution in [0.5, 0.6) is 0 Å². The predicted molar refractivity (Wildman–Crippen MR) is 149 cm³/mol. The Morgan fingerprint density at radius 1 is 1.10 bits per heavy atom. The molecule has 1 atom stereocenters. The zero-order valence-corrected chi connectivity index (χ0v) is 23.7. The maximum atomic E-state index is 13.5. The van der Waals surface area contributed by atoms with Crippen LogP contribution in [0.1, 0.15) is 52.1 Å². The first-order chi connectivity index (χ1) is 18.4. The number of hydrogen-bond donors (Lipinski definition) is 3. The molecule has 1 aliphatic rings. The van der Waals surface area contributed by atoms with Gasteiger partial charge in [-0.1, -0.05) is 35.3 Å². The number of urea groups is 1. The Morgan fingerprint density at radius 2 is 1.79 bits per heavy atom. The fourth-order valence-corrected chi connectivity index (χ4v) is 6.81. The van der Waals surface area contributed by atoms with E-state index in [4.69, 9.17) is 23.2 Å². The Balaban J connectivity index is 1.67. The third kappa shape index (κ3) is 5.76. The zero-order chi connectivity index (χ0) is 28.5. The average Bonchev–Trinajstić information content (AvgIpc) is 3.26. The van der Waals surface area contributed by atoms with Crippen molar-refractivity contribution in [2.75, 3.05) is 20.1 Å². The van der Waals surface area contributed by atoms with Gasteiger partial charge in [0.25, 0.3) is 0 Å². The number of fused-ring (bicyclic) bond motifs is 1. The third-order valence-corrected chi connectivity index (χ3v) is 9.56. The number of carboxylic acid groups (broad SMARTS) is 1. The number of amides is 2. The van der Waals surface area contributed by atoms with Gasteiger partial charge < -0.3 is 15.0 Å². The summed E-state index contributed by atoms with van der Waals surface area (Å²) >= 11 is 12.5. The third-order valence-electron chi connectivity index (χ3n) is 7.30. The lowest BCUT2D eigenvalue weighted by Gasteiger charge is -2.42. The number of halogens is 2. The first-order valence-electron chi connectivity index (χ1n) is 12.2. The number of hydrogen-bond acceptors (Lipinski definition) is 5. The first-order valence-corrected chi connectivity index (χ1v) is 14.4. The molecule has 1 saturated heterocycles. The minimum absolute atomic E-state index is 0.00950. The lowest BCUT2D eigenvalue weighted by Crippen LogP contribution is -2.54. The molecule has 1 aromatic heterocycles. The Morgan fingerprint density at radius 3 is 2.44 bits per heavy atom. The lowest BCUT2D eigenvalue weighted by molar-refractivity contribution is 0.0696. The van der Waals surface area contributed by atoms with Crippen LogP contribution in [-0.2, 0) is 22.7 Å². The monoisotopic (exact) mass is 594 g/mol. The number of rotatable bonds is 8. The second-order valence-electron chi connectivity index (χ2n) is 9.59. The number of ketones is 1. The molecule has 2 amide bonds. The second kappa shape index (κ2) is 11.2. The van der Waals surface area contributed by atoms with Gasteiger partial charge in [0.1, 0.15) is 0 Å². The van der Waals surface area contributed by atoms with Gasteiger partial charge in [0.2, 0.25) is 0 Å². The molecule has 0 saturated carbocycles. The van der Waals surface area contributed by atoms with E-state index in [1.165, 1.54) is 23.5 Å². The van der Waals surface area contributed by atoms with E-state index in [0.29, 0.717) is 46.0 Å². The molecular formula is C26H28Cl2N4O6S. The van der Waals surface area contributed by atoms with Crippen LogP contribution in [-0.4, -0.2) is 60.3 Å². The number of nitrogens with one attached hydrogen (secondary N) is 2. The molecule has 2 heterocycles. The molecular weight excluding hydrogens is 567 g/mol. The van der Waals surface area contributed by atoms with Gasteiger partial charge in [0.15, 0.2) is 5.78 Å². The number of carbonyl (C=O) groups is 3. The van der Waals surface area contributed by atoms with Gasteiger partial charge in [-0.05, 0) is 55.2 Å². The average molecular weight is 596 g/mol. The summed E-state index contributed by atoms with van der Waals surface area (Å²) in [6, 6.07) is 10.5. The molecule has 0 radical (unpaired) electrons. The number of aryl methyl sites for hydroxylation is 1. The Labute approximate surface area is 236 Å². The van der Waals surface area contributed by atoms with Gasteiger partial charge in [-0.3, -0.25) is 4.79 Å². The van der Waals surface area contributed by atoms with E-state index in [1.807, 2.05) is 4.72 Å². The Bertz CT molecular complexity index is 1550. The van der Waals surface area contributed by atoms with Crippen LogP contribution in [0.3, 0.4) is 0 Å². The summed E-state index contributed by atoms with van der Waals surface area (Å²) in [5, 5.41) is 13.0. The highest BCUT2D eigenvalue weighted by Gasteiger charge is 2.41. The maximum Gasteiger partial charge on any atom is 0.335 e. The van der Waals surface area contributed by atoms with Crippen molar-refractivity contribution in [3.8, 4) is 0 Å². The van der Waals surface area contributed by atoms with Crippen molar-refractivity contribution in [1.29, 1.82) is 0 Å². The Kier molecular flexibility index (Phi) is 8.27. The predicted octanol–water partition coefficient (Wildman–Crippen LogP) is 4.35. The highest BCUT2D eigenvalue weighted by atomic mass is 35.5. The molecule has 0 bridgehead atoms. The van der Waals surface area contributed by atoms with Crippen LogP contribution in [0.4, 0.5) is 4.79 Å². The number of carboxylic acids is 1. The molecule has 1 aliphatic heterocycles. The molecule has 13 heteroatoms.